The number of urea groups is 1. The summed E-state index contributed by atoms with van der Waals surface area (Å²) in [5.41, 5.74) is 3.07. The van der Waals surface area contributed by atoms with Crippen molar-refractivity contribution in [2.45, 2.75) is 26.7 Å². The van der Waals surface area contributed by atoms with E-state index in [9.17, 15) is 9.18 Å². The van der Waals surface area contributed by atoms with Gasteiger partial charge in [-0.15, -0.1) is 0 Å². The maximum atomic E-state index is 13.5. The molecule has 1 aliphatic heterocycles. The highest BCUT2D eigenvalue weighted by atomic mass is 19.1. The first kappa shape index (κ1) is 22.8. The Bertz CT molecular complexity index is 1350. The highest BCUT2D eigenvalue weighted by Crippen LogP contribution is 2.30. The van der Waals surface area contributed by atoms with Crippen molar-refractivity contribution in [2.75, 3.05) is 36.4 Å². The largest absolute Gasteiger partial charge is 0.352 e. The molecule has 0 unspecified atom stereocenters. The molecule has 4 aromatic rings. The number of nitrogens with zero attached hydrogens (tertiary/aromatic N) is 6. The number of piperazine rings is 1. The number of anilines is 2. The van der Waals surface area contributed by atoms with E-state index in [1.54, 1.807) is 17.0 Å². The standard InChI is InChI=1S/C26H28FN7O/c1-3-8-22-29-24(23-18(2)31-34(25(23)30-22)21-11-5-4-6-12-21)32-13-15-33(16-14-32)26(35)28-20-10-7-9-19(27)17-20/h4-7,9-12,17H,3,8,13-16H2,1-2H3,(H,28,35). The van der Waals surface area contributed by atoms with Crippen molar-refractivity contribution >= 4 is 28.6 Å². The van der Waals surface area contributed by atoms with Crippen LogP contribution in [0.1, 0.15) is 24.9 Å². The van der Waals surface area contributed by atoms with Gasteiger partial charge in [0.05, 0.1) is 16.8 Å². The van der Waals surface area contributed by atoms with Crippen LogP contribution in [0.4, 0.5) is 20.7 Å². The van der Waals surface area contributed by atoms with E-state index in [-0.39, 0.29) is 11.8 Å². The van der Waals surface area contributed by atoms with E-state index < -0.39 is 0 Å². The molecule has 1 aliphatic rings. The molecule has 0 atom stereocenters. The van der Waals surface area contributed by atoms with E-state index in [4.69, 9.17) is 15.1 Å². The van der Waals surface area contributed by atoms with Gasteiger partial charge in [0.25, 0.3) is 0 Å². The highest BCUT2D eigenvalue weighted by molar-refractivity contribution is 5.92. The number of hydrogen-bond donors (Lipinski definition) is 1. The summed E-state index contributed by atoms with van der Waals surface area (Å²) in [6, 6.07) is 15.7. The fraction of sp³-hybridized carbons (Fsp3) is 0.308. The normalized spacial score (nSPS) is 13.9. The molecule has 2 amide bonds. The predicted octanol–water partition coefficient (Wildman–Crippen LogP) is 4.57. The minimum atomic E-state index is -0.380. The molecule has 1 saturated heterocycles. The van der Waals surface area contributed by atoms with Gasteiger partial charge < -0.3 is 15.1 Å². The number of fused-ring (bicyclic) bond motifs is 1. The fourth-order valence-corrected chi connectivity index (χ4v) is 4.41. The van der Waals surface area contributed by atoms with Gasteiger partial charge >= 0.3 is 6.03 Å². The van der Waals surface area contributed by atoms with Gasteiger partial charge in [-0.25, -0.2) is 23.8 Å². The number of aromatic nitrogens is 4. The van der Waals surface area contributed by atoms with Gasteiger partial charge in [0, 0.05) is 38.3 Å². The first-order chi connectivity index (χ1) is 17.0. The van der Waals surface area contributed by atoms with Gasteiger partial charge in [0.15, 0.2) is 5.65 Å². The molecule has 2 aromatic heterocycles. The molecular formula is C26H28FN7O. The van der Waals surface area contributed by atoms with E-state index in [0.29, 0.717) is 31.9 Å². The van der Waals surface area contributed by atoms with Gasteiger partial charge in [0.2, 0.25) is 0 Å². The lowest BCUT2D eigenvalue weighted by atomic mass is 10.2. The summed E-state index contributed by atoms with van der Waals surface area (Å²) in [5, 5.41) is 8.52. The van der Waals surface area contributed by atoms with Crippen LogP contribution in [0.3, 0.4) is 0 Å². The monoisotopic (exact) mass is 473 g/mol. The molecule has 35 heavy (non-hydrogen) atoms. The molecule has 0 bridgehead atoms. The second kappa shape index (κ2) is 9.69. The van der Waals surface area contributed by atoms with Crippen molar-refractivity contribution in [2.24, 2.45) is 0 Å². The summed E-state index contributed by atoms with van der Waals surface area (Å²) < 4.78 is 15.4. The van der Waals surface area contributed by atoms with E-state index in [1.807, 2.05) is 41.9 Å². The Morgan fingerprint density at radius 1 is 1.03 bits per heavy atom. The van der Waals surface area contributed by atoms with Crippen molar-refractivity contribution in [3.63, 3.8) is 0 Å². The third kappa shape index (κ3) is 4.66. The Kier molecular flexibility index (Phi) is 6.31. The molecule has 5 rings (SSSR count). The molecule has 1 N–H and O–H groups in total. The minimum Gasteiger partial charge on any atom is -0.352 e. The van der Waals surface area contributed by atoms with E-state index >= 15 is 0 Å². The fourth-order valence-electron chi connectivity index (χ4n) is 4.41. The minimum absolute atomic E-state index is 0.233. The van der Waals surface area contributed by atoms with Crippen LogP contribution in [0, 0.1) is 12.7 Å². The number of aryl methyl sites for hydroxylation is 2. The number of carbonyl (C=O) groups excluding carboxylic acids is 1. The number of carbonyl (C=O) groups is 1. The van der Waals surface area contributed by atoms with Crippen molar-refractivity contribution in [3.05, 3.63) is 71.9 Å². The average molecular weight is 474 g/mol. The van der Waals surface area contributed by atoms with Crippen molar-refractivity contribution in [1.82, 2.24) is 24.6 Å². The van der Waals surface area contributed by atoms with Crippen LogP contribution in [-0.4, -0.2) is 56.9 Å². The predicted molar refractivity (Wildman–Crippen MR) is 135 cm³/mol. The van der Waals surface area contributed by atoms with Gasteiger partial charge in [-0.3, -0.25) is 0 Å². The maximum Gasteiger partial charge on any atom is 0.321 e. The summed E-state index contributed by atoms with van der Waals surface area (Å²) in [6.45, 7) is 6.41. The van der Waals surface area contributed by atoms with Crippen LogP contribution in [-0.2, 0) is 6.42 Å². The zero-order valence-corrected chi connectivity index (χ0v) is 19.9. The third-order valence-electron chi connectivity index (χ3n) is 6.15. The Morgan fingerprint density at radius 2 is 1.80 bits per heavy atom. The lowest BCUT2D eigenvalue weighted by Crippen LogP contribution is -2.50. The number of para-hydroxylation sites is 1. The molecule has 3 heterocycles. The number of hydrogen-bond acceptors (Lipinski definition) is 5. The Hall–Kier alpha value is -4.01. The molecule has 0 aliphatic carbocycles. The summed E-state index contributed by atoms with van der Waals surface area (Å²) in [4.78, 5) is 26.5. The lowest BCUT2D eigenvalue weighted by molar-refractivity contribution is 0.208. The van der Waals surface area contributed by atoms with Gasteiger partial charge in [-0.1, -0.05) is 31.2 Å². The van der Waals surface area contributed by atoms with Crippen LogP contribution >= 0.6 is 0 Å². The van der Waals surface area contributed by atoms with E-state index in [1.165, 1.54) is 12.1 Å². The SMILES string of the molecule is CCCc1nc(N2CCN(C(=O)Nc3cccc(F)c3)CC2)c2c(C)nn(-c3ccccc3)c2n1. The molecular weight excluding hydrogens is 445 g/mol. The first-order valence-electron chi connectivity index (χ1n) is 11.9. The van der Waals surface area contributed by atoms with Gasteiger partial charge in [-0.2, -0.15) is 5.10 Å². The smallest absolute Gasteiger partial charge is 0.321 e. The van der Waals surface area contributed by atoms with Crippen LogP contribution in [0.25, 0.3) is 16.7 Å². The molecule has 1 fully saturated rings. The Balaban J connectivity index is 1.41. The van der Waals surface area contributed by atoms with Crippen molar-refractivity contribution in [1.29, 1.82) is 0 Å². The summed E-state index contributed by atoms with van der Waals surface area (Å²) in [7, 11) is 0. The van der Waals surface area contributed by atoms with Crippen molar-refractivity contribution in [3.8, 4) is 5.69 Å². The zero-order valence-electron chi connectivity index (χ0n) is 19.9. The summed E-state index contributed by atoms with van der Waals surface area (Å²) in [5.74, 6) is 1.27. The van der Waals surface area contributed by atoms with Crippen LogP contribution in [0.2, 0.25) is 0 Å². The maximum absolute atomic E-state index is 13.5. The second-order valence-corrected chi connectivity index (χ2v) is 8.66. The number of rotatable bonds is 5. The topological polar surface area (TPSA) is 79.2 Å². The highest BCUT2D eigenvalue weighted by Gasteiger charge is 2.26. The Morgan fingerprint density at radius 3 is 2.51 bits per heavy atom. The molecule has 0 radical (unpaired) electrons. The number of nitrogens with one attached hydrogen (secondary N) is 1. The Labute approximate surface area is 203 Å². The summed E-state index contributed by atoms with van der Waals surface area (Å²) in [6.07, 6.45) is 1.72. The van der Waals surface area contributed by atoms with Crippen LogP contribution in [0.5, 0.6) is 0 Å². The third-order valence-corrected chi connectivity index (χ3v) is 6.15. The quantitative estimate of drug-likeness (QED) is 0.459. The lowest BCUT2D eigenvalue weighted by Gasteiger charge is -2.35. The van der Waals surface area contributed by atoms with E-state index in [2.05, 4.69) is 17.1 Å². The average Bonchev–Trinajstić information content (AvgIpc) is 3.21. The molecule has 2 aromatic carbocycles. The zero-order chi connectivity index (χ0) is 24.4. The molecule has 0 spiro atoms. The summed E-state index contributed by atoms with van der Waals surface area (Å²) >= 11 is 0. The first-order valence-corrected chi connectivity index (χ1v) is 11.9. The van der Waals surface area contributed by atoms with Crippen molar-refractivity contribution < 1.29 is 9.18 Å². The van der Waals surface area contributed by atoms with Gasteiger partial charge in [0.1, 0.15) is 17.5 Å². The molecule has 180 valence electrons. The number of amides is 2. The van der Waals surface area contributed by atoms with Gasteiger partial charge in [-0.05, 0) is 43.7 Å². The number of benzene rings is 2. The molecule has 9 heteroatoms. The van der Waals surface area contributed by atoms with Crippen LogP contribution < -0.4 is 10.2 Å². The molecule has 8 nitrogen and oxygen atoms in total. The molecule has 0 saturated carbocycles. The van der Waals surface area contributed by atoms with E-state index in [0.717, 1.165) is 46.9 Å². The second-order valence-electron chi connectivity index (χ2n) is 8.66. The van der Waals surface area contributed by atoms with Crippen LogP contribution in [0.15, 0.2) is 54.6 Å². The number of halogens is 1.